The lowest BCUT2D eigenvalue weighted by molar-refractivity contribution is 0.00578. The molecule has 4 nitrogen and oxygen atoms in total. The summed E-state index contributed by atoms with van der Waals surface area (Å²) >= 11 is 0. The quantitative estimate of drug-likeness (QED) is 0.691. The van der Waals surface area contributed by atoms with E-state index in [1.807, 2.05) is 27.7 Å². The Hall–Kier alpha value is -0.875. The Kier molecular flexibility index (Phi) is 2.63. The summed E-state index contributed by atoms with van der Waals surface area (Å²) in [6.45, 7) is 9.52. The first-order chi connectivity index (χ1) is 7.66. The third-order valence-corrected chi connectivity index (χ3v) is 3.69. The summed E-state index contributed by atoms with van der Waals surface area (Å²) in [6, 6.07) is 0. The third kappa shape index (κ3) is 1.79. The number of nitrogens with zero attached hydrogens (tertiary/aromatic N) is 2. The minimum atomic E-state index is -0.686. The summed E-state index contributed by atoms with van der Waals surface area (Å²) in [5.41, 5.74) is 0.0633. The highest BCUT2D eigenvalue weighted by molar-refractivity contribution is 6.62. The van der Waals surface area contributed by atoms with Crippen molar-refractivity contribution in [1.29, 1.82) is 0 Å². The highest BCUT2D eigenvalue weighted by Crippen LogP contribution is 2.36. The van der Waals surface area contributed by atoms with E-state index in [1.165, 1.54) is 4.68 Å². The zero-order valence-electron chi connectivity index (χ0n) is 11.2. The van der Waals surface area contributed by atoms with Gasteiger partial charge in [-0.3, -0.25) is 0 Å². The lowest BCUT2D eigenvalue weighted by Gasteiger charge is -2.32. The van der Waals surface area contributed by atoms with Gasteiger partial charge in [0, 0.05) is 7.05 Å². The van der Waals surface area contributed by atoms with Crippen LogP contribution in [0.3, 0.4) is 0 Å². The molecule has 2 heterocycles. The van der Waals surface area contributed by atoms with Gasteiger partial charge in [-0.15, -0.1) is 0 Å². The molecule has 0 spiro atoms. The molecule has 17 heavy (non-hydrogen) atoms. The van der Waals surface area contributed by atoms with Gasteiger partial charge in [0.1, 0.15) is 0 Å². The van der Waals surface area contributed by atoms with Gasteiger partial charge in [0.05, 0.1) is 22.4 Å². The molecule has 0 aliphatic carbocycles. The van der Waals surface area contributed by atoms with Gasteiger partial charge in [-0.1, -0.05) is 0 Å². The second-order valence-electron chi connectivity index (χ2n) is 5.50. The Bertz CT molecular complexity index is 441. The van der Waals surface area contributed by atoms with Gasteiger partial charge in [0.15, 0.2) is 0 Å². The molecule has 0 bridgehead atoms. The molecule has 6 heteroatoms. The highest BCUT2D eigenvalue weighted by atomic mass is 19.1. The summed E-state index contributed by atoms with van der Waals surface area (Å²) < 4.78 is 26.7. The molecule has 0 amide bonds. The van der Waals surface area contributed by atoms with Crippen LogP contribution in [0.5, 0.6) is 0 Å². The number of aromatic nitrogens is 2. The standard InChI is InChI=1S/C11H18BFN2O2/c1-7-8(9(13)15(6)14-7)12-16-10(2,3)11(4,5)17-12/h1-6H3. The van der Waals surface area contributed by atoms with E-state index in [0.717, 1.165) is 0 Å². The first-order valence-electron chi connectivity index (χ1n) is 5.70. The smallest absolute Gasteiger partial charge is 0.399 e. The Morgan fingerprint density at radius 3 is 2.00 bits per heavy atom. The van der Waals surface area contributed by atoms with Crippen LogP contribution in [0.15, 0.2) is 0 Å². The molecule has 1 saturated heterocycles. The van der Waals surface area contributed by atoms with E-state index in [4.69, 9.17) is 9.31 Å². The van der Waals surface area contributed by atoms with Crippen LogP contribution >= 0.6 is 0 Å². The highest BCUT2D eigenvalue weighted by Gasteiger charge is 2.53. The van der Waals surface area contributed by atoms with Crippen molar-refractivity contribution in [3.05, 3.63) is 11.6 Å². The Balaban J connectivity index is 2.39. The van der Waals surface area contributed by atoms with Crippen LogP contribution in [-0.2, 0) is 16.4 Å². The van der Waals surface area contributed by atoms with Gasteiger partial charge >= 0.3 is 7.12 Å². The predicted octanol–water partition coefficient (Wildman–Crippen LogP) is 1.17. The van der Waals surface area contributed by atoms with Gasteiger partial charge in [0.2, 0.25) is 5.95 Å². The van der Waals surface area contributed by atoms with E-state index in [-0.39, 0.29) is 0 Å². The number of halogens is 1. The third-order valence-electron chi connectivity index (χ3n) is 3.69. The van der Waals surface area contributed by atoms with Crippen LogP contribution in [0.4, 0.5) is 4.39 Å². The molecular weight excluding hydrogens is 222 g/mol. The van der Waals surface area contributed by atoms with Crippen molar-refractivity contribution >= 4 is 12.6 Å². The van der Waals surface area contributed by atoms with Gasteiger partial charge in [-0.25, -0.2) is 4.68 Å². The molecule has 0 aromatic carbocycles. The maximum absolute atomic E-state index is 13.9. The molecule has 2 rings (SSSR count). The average molecular weight is 240 g/mol. The van der Waals surface area contributed by atoms with Gasteiger partial charge in [-0.05, 0) is 34.6 Å². The lowest BCUT2D eigenvalue weighted by atomic mass is 9.79. The molecule has 0 unspecified atom stereocenters. The number of hydrogen-bond donors (Lipinski definition) is 0. The second kappa shape index (κ2) is 3.56. The monoisotopic (exact) mass is 240 g/mol. The molecule has 0 radical (unpaired) electrons. The molecule has 94 valence electrons. The van der Waals surface area contributed by atoms with Crippen LogP contribution in [0.2, 0.25) is 0 Å². The van der Waals surface area contributed by atoms with Crippen LogP contribution in [0, 0.1) is 12.9 Å². The molecule has 1 fully saturated rings. The summed E-state index contributed by atoms with van der Waals surface area (Å²) in [5.74, 6) is -0.402. The number of aryl methyl sites for hydroxylation is 2. The van der Waals surface area contributed by atoms with E-state index < -0.39 is 24.3 Å². The maximum atomic E-state index is 13.9. The van der Waals surface area contributed by atoms with E-state index >= 15 is 0 Å². The van der Waals surface area contributed by atoms with Crippen LogP contribution in [0.1, 0.15) is 33.4 Å². The Morgan fingerprint density at radius 1 is 1.18 bits per heavy atom. The summed E-state index contributed by atoms with van der Waals surface area (Å²) in [7, 11) is 0.880. The fourth-order valence-corrected chi connectivity index (χ4v) is 1.88. The number of rotatable bonds is 1. The lowest BCUT2D eigenvalue weighted by Crippen LogP contribution is -2.41. The molecule has 1 aromatic rings. The van der Waals surface area contributed by atoms with Gasteiger partial charge in [-0.2, -0.15) is 9.49 Å². The van der Waals surface area contributed by atoms with E-state index in [9.17, 15) is 4.39 Å². The summed E-state index contributed by atoms with van der Waals surface area (Å²) in [4.78, 5) is 0. The van der Waals surface area contributed by atoms with Crippen molar-refractivity contribution in [1.82, 2.24) is 9.78 Å². The molecule has 0 atom stereocenters. The van der Waals surface area contributed by atoms with Gasteiger partial charge < -0.3 is 9.31 Å². The topological polar surface area (TPSA) is 36.3 Å². The Morgan fingerprint density at radius 2 is 1.65 bits per heavy atom. The van der Waals surface area contributed by atoms with Crippen LogP contribution in [-0.4, -0.2) is 28.1 Å². The van der Waals surface area contributed by atoms with Crippen molar-refractivity contribution in [2.24, 2.45) is 7.05 Å². The second-order valence-corrected chi connectivity index (χ2v) is 5.50. The van der Waals surface area contributed by atoms with E-state index in [0.29, 0.717) is 11.2 Å². The van der Waals surface area contributed by atoms with Crippen LogP contribution in [0.25, 0.3) is 0 Å². The average Bonchev–Trinajstić information content (AvgIpc) is 2.49. The normalized spacial score (nSPS) is 22.2. The largest absolute Gasteiger partial charge is 0.501 e. The zero-order chi connectivity index (χ0) is 13.0. The number of hydrogen-bond acceptors (Lipinski definition) is 3. The molecule has 0 saturated carbocycles. The molecule has 0 N–H and O–H groups in total. The van der Waals surface area contributed by atoms with E-state index in [1.54, 1.807) is 14.0 Å². The molecule has 1 aliphatic rings. The first kappa shape index (κ1) is 12.6. The van der Waals surface area contributed by atoms with Crippen molar-refractivity contribution in [3.63, 3.8) is 0 Å². The van der Waals surface area contributed by atoms with Crippen molar-refractivity contribution in [2.45, 2.75) is 45.8 Å². The van der Waals surface area contributed by atoms with Crippen molar-refractivity contribution < 1.29 is 13.7 Å². The summed E-state index contributed by atoms with van der Waals surface area (Å²) in [5, 5.41) is 4.03. The zero-order valence-corrected chi connectivity index (χ0v) is 11.2. The van der Waals surface area contributed by atoms with Crippen molar-refractivity contribution in [3.8, 4) is 0 Å². The minimum absolute atomic E-state index is 0.395. The molecular formula is C11H18BFN2O2. The fourth-order valence-electron chi connectivity index (χ4n) is 1.88. The predicted molar refractivity (Wildman–Crippen MR) is 63.6 cm³/mol. The fraction of sp³-hybridized carbons (Fsp3) is 0.727. The molecule has 1 aromatic heterocycles. The maximum Gasteiger partial charge on any atom is 0.501 e. The van der Waals surface area contributed by atoms with Gasteiger partial charge in [0.25, 0.3) is 0 Å². The minimum Gasteiger partial charge on any atom is -0.399 e. The molecule has 1 aliphatic heterocycles. The van der Waals surface area contributed by atoms with Crippen LogP contribution < -0.4 is 5.46 Å². The SMILES string of the molecule is Cc1nn(C)c(F)c1B1OC(C)(C)C(C)(C)O1. The Labute approximate surface area is 101 Å². The first-order valence-corrected chi connectivity index (χ1v) is 5.70. The van der Waals surface area contributed by atoms with Crippen molar-refractivity contribution in [2.75, 3.05) is 0 Å². The van der Waals surface area contributed by atoms with E-state index in [2.05, 4.69) is 5.10 Å². The summed E-state index contributed by atoms with van der Waals surface area (Å²) in [6.07, 6.45) is 0.